The Morgan fingerprint density at radius 1 is 0.946 bits per heavy atom. The number of aryl methyl sites for hydroxylation is 1. The standard InChI is InChI=1S/C26H22F3NO6S/c1-2-35-21-10-13-24-23(15-21)17(3-14-25(31)32)16-30(24)37(33,34)22-11-8-20(9-12-22)36-19-6-4-18(5-7-19)26(27,28)29/h4-13,15-16H,2-3,14H2,1H3,(H,31,32). The minimum absolute atomic E-state index is 0.0529. The molecule has 37 heavy (non-hydrogen) atoms. The van der Waals surface area contributed by atoms with Crippen LogP contribution in [0.4, 0.5) is 13.2 Å². The molecular formula is C26H22F3NO6S. The number of alkyl halides is 3. The second kappa shape index (κ2) is 10.2. The van der Waals surface area contributed by atoms with Gasteiger partial charge in [-0.05, 0) is 85.6 Å². The van der Waals surface area contributed by atoms with Gasteiger partial charge in [0, 0.05) is 18.0 Å². The van der Waals surface area contributed by atoms with Crippen LogP contribution in [0.3, 0.4) is 0 Å². The van der Waals surface area contributed by atoms with Gasteiger partial charge in [0.15, 0.2) is 0 Å². The Kier molecular flexibility index (Phi) is 7.17. The third-order valence-corrected chi connectivity index (χ3v) is 7.23. The van der Waals surface area contributed by atoms with Gasteiger partial charge in [-0.2, -0.15) is 13.2 Å². The topological polar surface area (TPSA) is 94.8 Å². The number of rotatable bonds is 9. The maximum atomic E-state index is 13.5. The van der Waals surface area contributed by atoms with E-state index in [1.807, 2.05) is 6.92 Å². The number of aromatic nitrogens is 1. The average Bonchev–Trinajstić information content (AvgIpc) is 3.22. The zero-order chi connectivity index (χ0) is 26.8. The SMILES string of the molecule is CCOc1ccc2c(c1)c(CCC(=O)O)cn2S(=O)(=O)c1ccc(Oc2ccc(C(F)(F)F)cc2)cc1. The molecule has 4 rings (SSSR count). The van der Waals surface area contributed by atoms with Crippen molar-refractivity contribution in [3.8, 4) is 17.2 Å². The summed E-state index contributed by atoms with van der Waals surface area (Å²) in [6.45, 7) is 2.23. The van der Waals surface area contributed by atoms with Crippen LogP contribution in [0.2, 0.25) is 0 Å². The molecule has 7 nitrogen and oxygen atoms in total. The first kappa shape index (κ1) is 26.1. The summed E-state index contributed by atoms with van der Waals surface area (Å²) in [6, 6.07) is 14.5. The van der Waals surface area contributed by atoms with E-state index in [9.17, 15) is 26.4 Å². The Hall–Kier alpha value is -3.99. The second-order valence-electron chi connectivity index (χ2n) is 8.06. The molecule has 1 heterocycles. The fourth-order valence-electron chi connectivity index (χ4n) is 3.78. The predicted molar refractivity (Wildman–Crippen MR) is 130 cm³/mol. The Labute approximate surface area is 210 Å². The monoisotopic (exact) mass is 533 g/mol. The molecule has 1 aromatic heterocycles. The van der Waals surface area contributed by atoms with Gasteiger partial charge < -0.3 is 14.6 Å². The van der Waals surface area contributed by atoms with Gasteiger partial charge >= 0.3 is 12.1 Å². The molecule has 0 aliphatic heterocycles. The summed E-state index contributed by atoms with van der Waals surface area (Å²) in [4.78, 5) is 11.1. The molecular weight excluding hydrogens is 511 g/mol. The van der Waals surface area contributed by atoms with E-state index < -0.39 is 27.7 Å². The minimum atomic E-state index is -4.46. The van der Waals surface area contributed by atoms with Crippen LogP contribution in [0.5, 0.6) is 17.2 Å². The molecule has 0 spiro atoms. The van der Waals surface area contributed by atoms with E-state index >= 15 is 0 Å². The van der Waals surface area contributed by atoms with Crippen molar-refractivity contribution in [2.24, 2.45) is 0 Å². The molecule has 0 amide bonds. The molecule has 4 aromatic rings. The Morgan fingerprint density at radius 3 is 2.11 bits per heavy atom. The van der Waals surface area contributed by atoms with E-state index in [4.69, 9.17) is 14.6 Å². The largest absolute Gasteiger partial charge is 0.494 e. The lowest BCUT2D eigenvalue weighted by atomic mass is 10.1. The van der Waals surface area contributed by atoms with Gasteiger partial charge in [-0.3, -0.25) is 4.79 Å². The number of carboxylic acids is 1. The molecule has 0 bridgehead atoms. The quantitative estimate of drug-likeness (QED) is 0.279. The fraction of sp³-hybridized carbons (Fsp3) is 0.192. The molecule has 0 aliphatic rings. The van der Waals surface area contributed by atoms with Gasteiger partial charge in [0.2, 0.25) is 0 Å². The number of hydrogen-bond acceptors (Lipinski definition) is 5. The number of fused-ring (bicyclic) bond motifs is 1. The highest BCUT2D eigenvalue weighted by atomic mass is 32.2. The summed E-state index contributed by atoms with van der Waals surface area (Å²) in [5.41, 5.74) is 0.107. The van der Waals surface area contributed by atoms with Crippen LogP contribution in [-0.4, -0.2) is 30.1 Å². The van der Waals surface area contributed by atoms with Crippen molar-refractivity contribution in [1.82, 2.24) is 3.97 Å². The van der Waals surface area contributed by atoms with Gasteiger partial charge in [-0.1, -0.05) is 0 Å². The third-order valence-electron chi connectivity index (χ3n) is 5.54. The lowest BCUT2D eigenvalue weighted by molar-refractivity contribution is -0.138. The average molecular weight is 534 g/mol. The van der Waals surface area contributed by atoms with E-state index in [0.29, 0.717) is 28.8 Å². The van der Waals surface area contributed by atoms with Crippen molar-refractivity contribution >= 4 is 26.9 Å². The van der Waals surface area contributed by atoms with E-state index in [0.717, 1.165) is 16.1 Å². The van der Waals surface area contributed by atoms with Gasteiger partial charge in [-0.15, -0.1) is 0 Å². The molecule has 11 heteroatoms. The fourth-order valence-corrected chi connectivity index (χ4v) is 5.17. The van der Waals surface area contributed by atoms with Crippen molar-refractivity contribution in [1.29, 1.82) is 0 Å². The smallest absolute Gasteiger partial charge is 0.416 e. The summed E-state index contributed by atoms with van der Waals surface area (Å²) >= 11 is 0. The Bertz CT molecular complexity index is 1530. The first-order chi connectivity index (χ1) is 17.5. The van der Waals surface area contributed by atoms with E-state index in [2.05, 4.69) is 0 Å². The number of hydrogen-bond donors (Lipinski definition) is 1. The van der Waals surface area contributed by atoms with Crippen LogP contribution in [0.1, 0.15) is 24.5 Å². The van der Waals surface area contributed by atoms with Crippen LogP contribution in [0, 0.1) is 0 Å². The number of benzene rings is 3. The van der Waals surface area contributed by atoms with Crippen LogP contribution >= 0.6 is 0 Å². The highest BCUT2D eigenvalue weighted by Gasteiger charge is 2.30. The van der Waals surface area contributed by atoms with Crippen LogP contribution in [-0.2, 0) is 27.4 Å². The van der Waals surface area contributed by atoms with Crippen molar-refractivity contribution in [3.05, 3.63) is 84.1 Å². The minimum Gasteiger partial charge on any atom is -0.494 e. The van der Waals surface area contributed by atoms with Crippen molar-refractivity contribution in [3.63, 3.8) is 0 Å². The van der Waals surface area contributed by atoms with Gasteiger partial charge in [0.25, 0.3) is 10.0 Å². The normalized spacial score (nSPS) is 12.0. The van der Waals surface area contributed by atoms with Gasteiger partial charge in [-0.25, -0.2) is 12.4 Å². The van der Waals surface area contributed by atoms with Crippen molar-refractivity contribution in [2.75, 3.05) is 6.61 Å². The second-order valence-corrected chi connectivity index (χ2v) is 9.87. The van der Waals surface area contributed by atoms with Crippen LogP contribution < -0.4 is 9.47 Å². The summed E-state index contributed by atoms with van der Waals surface area (Å²) in [5.74, 6) is -0.0763. The zero-order valence-corrected chi connectivity index (χ0v) is 20.3. The molecule has 1 N–H and O–H groups in total. The van der Waals surface area contributed by atoms with Gasteiger partial charge in [0.1, 0.15) is 17.2 Å². The third kappa shape index (κ3) is 5.72. The molecule has 0 unspecified atom stereocenters. The molecule has 0 fully saturated rings. The molecule has 0 saturated heterocycles. The number of aliphatic carboxylic acids is 1. The lowest BCUT2D eigenvalue weighted by Gasteiger charge is -2.11. The van der Waals surface area contributed by atoms with E-state index in [-0.39, 0.29) is 29.2 Å². The van der Waals surface area contributed by atoms with Gasteiger partial charge in [0.05, 0.1) is 22.6 Å². The summed E-state index contributed by atoms with van der Waals surface area (Å²) < 4.78 is 77.3. The maximum absolute atomic E-state index is 13.5. The highest BCUT2D eigenvalue weighted by Crippen LogP contribution is 2.33. The number of carbonyl (C=O) groups is 1. The van der Waals surface area contributed by atoms with Crippen LogP contribution in [0.15, 0.2) is 77.8 Å². The van der Waals surface area contributed by atoms with E-state index in [1.165, 1.54) is 42.6 Å². The van der Waals surface area contributed by atoms with Crippen molar-refractivity contribution in [2.45, 2.75) is 30.8 Å². The number of ether oxygens (including phenoxy) is 2. The van der Waals surface area contributed by atoms with E-state index in [1.54, 1.807) is 18.2 Å². The zero-order valence-electron chi connectivity index (χ0n) is 19.5. The predicted octanol–water partition coefficient (Wildman–Crippen LogP) is 6.11. The molecule has 194 valence electrons. The summed E-state index contributed by atoms with van der Waals surface area (Å²) in [5, 5.41) is 9.67. The molecule has 0 aliphatic carbocycles. The maximum Gasteiger partial charge on any atom is 0.416 e. The Balaban J connectivity index is 1.63. The first-order valence-corrected chi connectivity index (χ1v) is 12.6. The Morgan fingerprint density at radius 2 is 1.54 bits per heavy atom. The first-order valence-electron chi connectivity index (χ1n) is 11.2. The summed E-state index contributed by atoms with van der Waals surface area (Å²) in [6.07, 6.45) is -3.10. The number of carboxylic acid groups (broad SMARTS) is 1. The lowest BCUT2D eigenvalue weighted by Crippen LogP contribution is -2.11. The molecule has 0 atom stereocenters. The van der Waals surface area contributed by atoms with Crippen molar-refractivity contribution < 1.29 is 41.0 Å². The number of halogens is 3. The molecule has 0 saturated carbocycles. The molecule has 0 radical (unpaired) electrons. The summed E-state index contributed by atoms with van der Waals surface area (Å²) in [7, 11) is -4.07. The highest BCUT2D eigenvalue weighted by molar-refractivity contribution is 7.90. The number of nitrogens with zero attached hydrogens (tertiary/aromatic N) is 1. The molecule has 3 aromatic carbocycles. The van der Waals surface area contributed by atoms with Crippen LogP contribution in [0.25, 0.3) is 10.9 Å².